The Balaban J connectivity index is 1.98. The molecule has 1 unspecified atom stereocenters. The molecule has 4 nitrogen and oxygen atoms in total. The van der Waals surface area contributed by atoms with E-state index in [9.17, 15) is 9.59 Å². The number of ether oxygens (including phenoxy) is 2. The molecule has 1 atom stereocenters. The maximum absolute atomic E-state index is 11.7. The molecule has 1 saturated carbocycles. The van der Waals surface area contributed by atoms with E-state index in [1.807, 2.05) is 6.92 Å². The molecule has 0 aromatic heterocycles. The van der Waals surface area contributed by atoms with Gasteiger partial charge in [0.15, 0.2) is 0 Å². The molecule has 0 spiro atoms. The number of esters is 2. The van der Waals surface area contributed by atoms with Crippen molar-refractivity contribution in [1.82, 2.24) is 0 Å². The van der Waals surface area contributed by atoms with Gasteiger partial charge < -0.3 is 9.47 Å². The van der Waals surface area contributed by atoms with Crippen LogP contribution in [0.25, 0.3) is 0 Å². The zero-order chi connectivity index (χ0) is 19.0. The van der Waals surface area contributed by atoms with Crippen molar-refractivity contribution in [3.8, 4) is 0 Å². The van der Waals surface area contributed by atoms with Gasteiger partial charge in [-0.15, -0.1) is 0 Å². The molecule has 0 aromatic carbocycles. The lowest BCUT2D eigenvalue weighted by molar-refractivity contribution is -0.145. The van der Waals surface area contributed by atoms with Gasteiger partial charge in [-0.25, -0.2) is 9.59 Å². The summed E-state index contributed by atoms with van der Waals surface area (Å²) in [7, 11) is 0. The minimum Gasteiger partial charge on any atom is -0.463 e. The fraction of sp³-hybridized carbons (Fsp3) is 0.818. The first-order valence-electron chi connectivity index (χ1n) is 10.7. The Kier molecular flexibility index (Phi) is 12.9. The summed E-state index contributed by atoms with van der Waals surface area (Å²) in [5.74, 6) is -0.453. The summed E-state index contributed by atoms with van der Waals surface area (Å²) < 4.78 is 10.5. The van der Waals surface area contributed by atoms with E-state index in [1.54, 1.807) is 0 Å². The lowest BCUT2D eigenvalue weighted by Crippen LogP contribution is -2.21. The van der Waals surface area contributed by atoms with Crippen molar-refractivity contribution in [3.05, 3.63) is 12.2 Å². The van der Waals surface area contributed by atoms with Crippen molar-refractivity contribution < 1.29 is 19.1 Å². The number of rotatable bonds is 14. The maximum atomic E-state index is 11.7. The van der Waals surface area contributed by atoms with E-state index in [2.05, 4.69) is 6.92 Å². The molecule has 0 bridgehead atoms. The molecule has 1 aliphatic rings. The lowest BCUT2D eigenvalue weighted by atomic mass is 10.0. The summed E-state index contributed by atoms with van der Waals surface area (Å²) in [4.78, 5) is 23.3. The minimum atomic E-state index is -0.463. The summed E-state index contributed by atoms with van der Waals surface area (Å²) in [6.45, 7) is 4.59. The summed E-state index contributed by atoms with van der Waals surface area (Å²) >= 11 is 0. The maximum Gasteiger partial charge on any atom is 0.331 e. The Bertz CT molecular complexity index is 410. The highest BCUT2D eigenvalue weighted by Gasteiger charge is 2.23. The fourth-order valence-corrected chi connectivity index (χ4v) is 3.52. The van der Waals surface area contributed by atoms with E-state index >= 15 is 0 Å². The van der Waals surface area contributed by atoms with Crippen molar-refractivity contribution in [2.24, 2.45) is 5.92 Å². The molecule has 0 amide bonds. The third-order valence-corrected chi connectivity index (χ3v) is 5.21. The lowest BCUT2D eigenvalue weighted by Gasteiger charge is -2.18. The topological polar surface area (TPSA) is 52.6 Å². The van der Waals surface area contributed by atoms with Crippen LogP contribution in [0.1, 0.15) is 97.3 Å². The van der Waals surface area contributed by atoms with E-state index in [0.29, 0.717) is 12.5 Å². The van der Waals surface area contributed by atoms with Gasteiger partial charge >= 0.3 is 11.9 Å². The van der Waals surface area contributed by atoms with E-state index in [-0.39, 0.29) is 6.10 Å². The van der Waals surface area contributed by atoms with Crippen LogP contribution in [-0.2, 0) is 19.1 Å². The molecule has 0 radical (unpaired) electrons. The number of carbonyl (C=O) groups is 2. The second-order valence-corrected chi connectivity index (χ2v) is 7.52. The second-order valence-electron chi connectivity index (χ2n) is 7.52. The van der Waals surface area contributed by atoms with E-state index < -0.39 is 11.9 Å². The van der Waals surface area contributed by atoms with Crippen molar-refractivity contribution >= 4 is 11.9 Å². The Morgan fingerprint density at radius 3 is 2.04 bits per heavy atom. The highest BCUT2D eigenvalue weighted by molar-refractivity contribution is 5.91. The molecule has 1 fully saturated rings. The van der Waals surface area contributed by atoms with Gasteiger partial charge in [-0.2, -0.15) is 0 Å². The quantitative estimate of drug-likeness (QED) is 0.223. The first kappa shape index (κ1) is 22.7. The predicted octanol–water partition coefficient (Wildman–Crippen LogP) is 5.74. The molecule has 1 rings (SSSR count). The Labute approximate surface area is 159 Å². The van der Waals surface area contributed by atoms with Gasteiger partial charge in [0, 0.05) is 12.2 Å². The Hall–Kier alpha value is -1.32. The zero-order valence-electron chi connectivity index (χ0n) is 16.8. The summed E-state index contributed by atoms with van der Waals surface area (Å²) in [5.41, 5.74) is 0. The van der Waals surface area contributed by atoms with Crippen molar-refractivity contribution in [1.29, 1.82) is 0 Å². The van der Waals surface area contributed by atoms with Crippen LogP contribution in [0.3, 0.4) is 0 Å². The number of hydrogen-bond acceptors (Lipinski definition) is 4. The van der Waals surface area contributed by atoms with Crippen LogP contribution in [0.5, 0.6) is 0 Å². The Morgan fingerprint density at radius 2 is 1.42 bits per heavy atom. The van der Waals surface area contributed by atoms with Crippen LogP contribution < -0.4 is 0 Å². The first-order chi connectivity index (χ1) is 12.6. The molecule has 150 valence electrons. The average Bonchev–Trinajstić information content (AvgIpc) is 3.16. The van der Waals surface area contributed by atoms with Crippen molar-refractivity contribution in [2.45, 2.75) is 103 Å². The van der Waals surface area contributed by atoms with Crippen molar-refractivity contribution in [3.63, 3.8) is 0 Å². The van der Waals surface area contributed by atoms with Gasteiger partial charge in [0.25, 0.3) is 0 Å². The van der Waals surface area contributed by atoms with Gasteiger partial charge in [-0.3, -0.25) is 0 Å². The van der Waals surface area contributed by atoms with Crippen LogP contribution in [0.15, 0.2) is 12.2 Å². The van der Waals surface area contributed by atoms with Crippen LogP contribution in [0, 0.1) is 5.92 Å². The standard InChI is InChI=1S/C22H38O4/c1-3-4-5-6-7-8-9-10-13-18-25-21(23)16-17-22(24)26-19(2)20-14-11-12-15-20/h16-17,19-20H,3-15,18H2,1-2H3/b17-16+. The third-order valence-electron chi connectivity index (χ3n) is 5.21. The van der Waals surface area contributed by atoms with Gasteiger partial charge in [0.1, 0.15) is 6.10 Å². The van der Waals surface area contributed by atoms with Gasteiger partial charge in [-0.05, 0) is 32.1 Å². The number of hydrogen-bond donors (Lipinski definition) is 0. The molecule has 0 aromatic rings. The normalized spacial score (nSPS) is 16.1. The Morgan fingerprint density at radius 1 is 0.885 bits per heavy atom. The summed E-state index contributed by atoms with van der Waals surface area (Å²) in [6.07, 6.45) is 18.0. The molecular weight excluding hydrogens is 328 g/mol. The molecular formula is C22H38O4. The highest BCUT2D eigenvalue weighted by atomic mass is 16.5. The number of carbonyl (C=O) groups excluding carboxylic acids is 2. The van der Waals surface area contributed by atoms with Crippen LogP contribution in [0.2, 0.25) is 0 Å². The minimum absolute atomic E-state index is 0.0763. The summed E-state index contributed by atoms with van der Waals surface area (Å²) in [6, 6.07) is 0. The molecule has 1 aliphatic carbocycles. The van der Waals surface area contributed by atoms with E-state index in [4.69, 9.17) is 9.47 Å². The van der Waals surface area contributed by atoms with Gasteiger partial charge in [-0.1, -0.05) is 71.1 Å². The SMILES string of the molecule is CCCCCCCCCCCOC(=O)/C=C/C(=O)OC(C)C1CCCC1. The van der Waals surface area contributed by atoms with Crippen LogP contribution in [-0.4, -0.2) is 24.6 Å². The van der Waals surface area contributed by atoms with E-state index in [1.165, 1.54) is 69.9 Å². The summed E-state index contributed by atoms with van der Waals surface area (Å²) in [5, 5.41) is 0. The molecule has 4 heteroatoms. The zero-order valence-corrected chi connectivity index (χ0v) is 16.8. The smallest absolute Gasteiger partial charge is 0.331 e. The van der Waals surface area contributed by atoms with Crippen LogP contribution >= 0.6 is 0 Å². The second kappa shape index (κ2) is 14.8. The fourth-order valence-electron chi connectivity index (χ4n) is 3.52. The van der Waals surface area contributed by atoms with Crippen molar-refractivity contribution in [2.75, 3.05) is 6.61 Å². The highest BCUT2D eigenvalue weighted by Crippen LogP contribution is 2.29. The van der Waals surface area contributed by atoms with Gasteiger partial charge in [0.2, 0.25) is 0 Å². The molecule has 0 aliphatic heterocycles. The predicted molar refractivity (Wildman–Crippen MR) is 105 cm³/mol. The van der Waals surface area contributed by atoms with Gasteiger partial charge in [0.05, 0.1) is 6.61 Å². The van der Waals surface area contributed by atoms with E-state index in [0.717, 1.165) is 25.7 Å². The first-order valence-corrected chi connectivity index (χ1v) is 10.7. The molecule has 26 heavy (non-hydrogen) atoms. The number of unbranched alkanes of at least 4 members (excludes halogenated alkanes) is 8. The van der Waals surface area contributed by atoms with Crippen LogP contribution in [0.4, 0.5) is 0 Å². The molecule has 0 N–H and O–H groups in total. The monoisotopic (exact) mass is 366 g/mol. The molecule has 0 saturated heterocycles. The largest absolute Gasteiger partial charge is 0.463 e. The average molecular weight is 367 g/mol. The molecule has 0 heterocycles. The third kappa shape index (κ3) is 11.3.